The van der Waals surface area contributed by atoms with E-state index in [1.165, 1.54) is 0 Å². The Kier molecular flexibility index (Phi) is 6.22. The zero-order valence-electron chi connectivity index (χ0n) is 15.9. The van der Waals surface area contributed by atoms with Crippen molar-refractivity contribution in [2.45, 2.75) is 46.6 Å². The lowest BCUT2D eigenvalue weighted by atomic mass is 10.0. The van der Waals surface area contributed by atoms with Crippen molar-refractivity contribution in [3.8, 4) is 0 Å². The lowest BCUT2D eigenvalue weighted by molar-refractivity contribution is 0.00694. The van der Waals surface area contributed by atoms with Crippen LogP contribution in [0.3, 0.4) is 0 Å². The third kappa shape index (κ3) is 5.56. The number of carbonyl (C=O) groups is 2. The van der Waals surface area contributed by atoms with Crippen LogP contribution in [-0.4, -0.2) is 48.7 Å². The molecule has 5 heteroatoms. The predicted molar refractivity (Wildman–Crippen MR) is 96.9 cm³/mol. The molecule has 1 heterocycles. The fourth-order valence-electron chi connectivity index (χ4n) is 2.98. The Bertz CT molecular complexity index is 633. The largest absolute Gasteiger partial charge is 0.456 e. The van der Waals surface area contributed by atoms with E-state index in [1.807, 2.05) is 45.6 Å². The number of rotatable bonds is 5. The Hall–Kier alpha value is -1.88. The number of hydrogen-bond acceptors (Lipinski definition) is 4. The van der Waals surface area contributed by atoms with Gasteiger partial charge in [-0.3, -0.25) is 4.79 Å². The summed E-state index contributed by atoms with van der Waals surface area (Å²) in [5, 5.41) is 0. The second-order valence-electron chi connectivity index (χ2n) is 7.65. The van der Waals surface area contributed by atoms with Gasteiger partial charge in [0.15, 0.2) is 0 Å². The molecule has 138 valence electrons. The van der Waals surface area contributed by atoms with Gasteiger partial charge in [0.1, 0.15) is 5.60 Å². The lowest BCUT2D eigenvalue weighted by Crippen LogP contribution is -2.30. The first kappa shape index (κ1) is 19.4. The molecule has 1 amide bonds. The van der Waals surface area contributed by atoms with Crippen molar-refractivity contribution in [2.24, 2.45) is 5.92 Å². The van der Waals surface area contributed by atoms with Crippen molar-refractivity contribution in [3.63, 3.8) is 0 Å². The normalized spacial score (nSPS) is 17.6. The van der Waals surface area contributed by atoms with Crippen LogP contribution >= 0.6 is 0 Å². The average molecular weight is 347 g/mol. The minimum atomic E-state index is -0.563. The van der Waals surface area contributed by atoms with Crippen LogP contribution in [0, 0.1) is 12.8 Å². The quantitative estimate of drug-likeness (QED) is 0.766. The minimum absolute atomic E-state index is 0.0347. The summed E-state index contributed by atoms with van der Waals surface area (Å²) in [5.41, 5.74) is 1.27. The molecule has 1 saturated heterocycles. The number of benzene rings is 1. The van der Waals surface area contributed by atoms with Crippen molar-refractivity contribution in [1.29, 1.82) is 0 Å². The van der Waals surface area contributed by atoms with Gasteiger partial charge in [0, 0.05) is 31.2 Å². The average Bonchev–Trinajstić information content (AvgIpc) is 2.98. The number of amides is 1. The highest BCUT2D eigenvalue weighted by molar-refractivity contribution is 5.98. The summed E-state index contributed by atoms with van der Waals surface area (Å²) in [5.74, 6) is -0.0487. The highest BCUT2D eigenvalue weighted by atomic mass is 16.6. The molecule has 1 aliphatic rings. The van der Waals surface area contributed by atoms with Gasteiger partial charge in [0.05, 0.1) is 12.2 Å². The molecular weight excluding hydrogens is 318 g/mol. The van der Waals surface area contributed by atoms with E-state index >= 15 is 0 Å². The summed E-state index contributed by atoms with van der Waals surface area (Å²) in [6, 6.07) is 5.22. The predicted octanol–water partition coefficient (Wildman–Crippen LogP) is 3.45. The van der Waals surface area contributed by atoms with Crippen LogP contribution in [0.25, 0.3) is 0 Å². The number of carbonyl (C=O) groups excluding carboxylic acids is 2. The van der Waals surface area contributed by atoms with Crippen LogP contribution in [0.5, 0.6) is 0 Å². The van der Waals surface area contributed by atoms with Crippen LogP contribution in [0.4, 0.5) is 0 Å². The summed E-state index contributed by atoms with van der Waals surface area (Å²) < 4.78 is 10.9. The Morgan fingerprint density at radius 2 is 1.88 bits per heavy atom. The van der Waals surface area contributed by atoms with Crippen molar-refractivity contribution in [3.05, 3.63) is 34.9 Å². The SMILES string of the molecule is CCOC[C@@H]1CCN(C(=O)c2cc(C)cc(C(=O)OC(C)(C)C)c2)C1. The zero-order chi connectivity index (χ0) is 18.6. The Labute approximate surface area is 150 Å². The van der Waals surface area contributed by atoms with Gasteiger partial charge in [-0.2, -0.15) is 0 Å². The van der Waals surface area contributed by atoms with Crippen LogP contribution in [0.1, 0.15) is 60.4 Å². The van der Waals surface area contributed by atoms with Crippen molar-refractivity contribution in [1.82, 2.24) is 4.90 Å². The number of esters is 1. The van der Waals surface area contributed by atoms with Crippen LogP contribution in [0.2, 0.25) is 0 Å². The fourth-order valence-corrected chi connectivity index (χ4v) is 2.98. The summed E-state index contributed by atoms with van der Waals surface area (Å²) in [6.45, 7) is 12.2. The second kappa shape index (κ2) is 8.00. The van der Waals surface area contributed by atoms with E-state index in [1.54, 1.807) is 12.1 Å². The van der Waals surface area contributed by atoms with E-state index in [9.17, 15) is 9.59 Å². The third-order valence-corrected chi connectivity index (χ3v) is 4.09. The molecule has 25 heavy (non-hydrogen) atoms. The fraction of sp³-hybridized carbons (Fsp3) is 0.600. The number of hydrogen-bond donors (Lipinski definition) is 0. The summed E-state index contributed by atoms with van der Waals surface area (Å²) in [6.07, 6.45) is 0.955. The molecule has 0 saturated carbocycles. The number of likely N-dealkylation sites (tertiary alicyclic amines) is 1. The molecule has 5 nitrogen and oxygen atoms in total. The number of ether oxygens (including phenoxy) is 2. The molecule has 1 aromatic rings. The van der Waals surface area contributed by atoms with Gasteiger partial charge in [-0.15, -0.1) is 0 Å². The van der Waals surface area contributed by atoms with Gasteiger partial charge in [0.2, 0.25) is 0 Å². The molecule has 0 aromatic heterocycles. The molecule has 1 atom stereocenters. The van der Waals surface area contributed by atoms with E-state index < -0.39 is 11.6 Å². The van der Waals surface area contributed by atoms with Gasteiger partial charge in [0.25, 0.3) is 5.91 Å². The van der Waals surface area contributed by atoms with Crippen molar-refractivity contribution < 1.29 is 19.1 Å². The smallest absolute Gasteiger partial charge is 0.338 e. The van der Waals surface area contributed by atoms with E-state index in [-0.39, 0.29) is 5.91 Å². The monoisotopic (exact) mass is 347 g/mol. The summed E-state index contributed by atoms with van der Waals surface area (Å²) in [4.78, 5) is 27.0. The molecule has 0 spiro atoms. The Morgan fingerprint density at radius 3 is 2.52 bits per heavy atom. The van der Waals surface area contributed by atoms with E-state index in [2.05, 4.69) is 0 Å². The van der Waals surface area contributed by atoms with Gasteiger partial charge in [-0.25, -0.2) is 4.79 Å². The van der Waals surface area contributed by atoms with Crippen LogP contribution < -0.4 is 0 Å². The molecule has 0 aliphatic carbocycles. The van der Waals surface area contributed by atoms with Crippen LogP contribution in [0.15, 0.2) is 18.2 Å². The highest BCUT2D eigenvalue weighted by Crippen LogP contribution is 2.21. The lowest BCUT2D eigenvalue weighted by Gasteiger charge is -2.20. The zero-order valence-corrected chi connectivity index (χ0v) is 15.9. The second-order valence-corrected chi connectivity index (χ2v) is 7.65. The molecule has 2 rings (SSSR count). The summed E-state index contributed by atoms with van der Waals surface area (Å²) in [7, 11) is 0. The first-order chi connectivity index (χ1) is 11.7. The third-order valence-electron chi connectivity index (χ3n) is 4.09. The number of nitrogens with zero attached hydrogens (tertiary/aromatic N) is 1. The van der Waals surface area contributed by atoms with Gasteiger partial charge in [-0.1, -0.05) is 0 Å². The Balaban J connectivity index is 2.11. The van der Waals surface area contributed by atoms with E-state index in [0.29, 0.717) is 36.8 Å². The first-order valence-corrected chi connectivity index (χ1v) is 8.91. The van der Waals surface area contributed by atoms with Crippen molar-refractivity contribution in [2.75, 3.05) is 26.3 Å². The topological polar surface area (TPSA) is 55.8 Å². The van der Waals surface area contributed by atoms with Gasteiger partial charge in [-0.05, 0) is 64.8 Å². The summed E-state index contributed by atoms with van der Waals surface area (Å²) >= 11 is 0. The molecule has 0 radical (unpaired) electrons. The molecule has 0 unspecified atom stereocenters. The standard InChI is InChI=1S/C20H29NO4/c1-6-24-13-15-7-8-21(12-15)18(22)16-9-14(2)10-17(11-16)19(23)25-20(3,4)5/h9-11,15H,6-8,12-13H2,1-5H3/t15-/m1/s1. The van der Waals surface area contributed by atoms with E-state index in [4.69, 9.17) is 9.47 Å². The van der Waals surface area contributed by atoms with Crippen molar-refractivity contribution >= 4 is 11.9 Å². The molecule has 0 bridgehead atoms. The van der Waals surface area contributed by atoms with E-state index in [0.717, 1.165) is 18.5 Å². The Morgan fingerprint density at radius 1 is 1.20 bits per heavy atom. The molecule has 1 fully saturated rings. The maximum atomic E-state index is 12.8. The highest BCUT2D eigenvalue weighted by Gasteiger charge is 2.28. The molecule has 0 N–H and O–H groups in total. The molecule has 1 aromatic carbocycles. The van der Waals surface area contributed by atoms with Gasteiger partial charge < -0.3 is 14.4 Å². The maximum absolute atomic E-state index is 12.8. The molecule has 1 aliphatic heterocycles. The first-order valence-electron chi connectivity index (χ1n) is 8.91. The maximum Gasteiger partial charge on any atom is 0.338 e. The minimum Gasteiger partial charge on any atom is -0.456 e. The van der Waals surface area contributed by atoms with Gasteiger partial charge >= 0.3 is 5.97 Å². The molecular formula is C20H29NO4. The van der Waals surface area contributed by atoms with Crippen LogP contribution in [-0.2, 0) is 9.47 Å². The number of aryl methyl sites for hydroxylation is 1.